The summed E-state index contributed by atoms with van der Waals surface area (Å²) < 4.78 is 4.70. The van der Waals surface area contributed by atoms with Crippen LogP contribution >= 0.6 is 0 Å². The first-order chi connectivity index (χ1) is 26.2. The molecule has 6 rings (SSSR count). The lowest BCUT2D eigenvalue weighted by atomic mass is 9.97. The molecule has 0 aliphatic rings. The number of ether oxygens (including phenoxy) is 1. The number of carboxylic acids is 2. The van der Waals surface area contributed by atoms with E-state index < -0.39 is 17.9 Å². The number of carbonyl (C=O) groups excluding carboxylic acids is 2. The molecule has 0 saturated heterocycles. The molecule has 0 heterocycles. The number of carboxylic acid groups (broad SMARTS) is 2. The van der Waals surface area contributed by atoms with Crippen LogP contribution in [-0.2, 0) is 9.53 Å². The van der Waals surface area contributed by atoms with Gasteiger partial charge in [-0.15, -0.1) is 0 Å². The first-order valence-electron chi connectivity index (χ1n) is 17.1. The Hall–Kier alpha value is -7.20. The van der Waals surface area contributed by atoms with Crippen LogP contribution in [0.1, 0.15) is 54.7 Å². The number of carbonyl (C=O) groups is 4. The van der Waals surface area contributed by atoms with E-state index >= 15 is 0 Å². The summed E-state index contributed by atoms with van der Waals surface area (Å²) in [7, 11) is 1.35. The van der Waals surface area contributed by atoms with Crippen LogP contribution in [-0.4, -0.2) is 41.1 Å². The molecule has 7 N–H and O–H groups in total. The third kappa shape index (κ3) is 10.5. The molecule has 0 aliphatic carbocycles. The predicted octanol–water partition coefficient (Wildman–Crippen LogP) is 9.29. The van der Waals surface area contributed by atoms with E-state index in [0.717, 1.165) is 50.1 Å². The summed E-state index contributed by atoms with van der Waals surface area (Å²) in [4.78, 5) is 44.9. The predicted molar refractivity (Wildman–Crippen MR) is 218 cm³/mol. The Morgan fingerprint density at radius 2 is 0.873 bits per heavy atom. The highest BCUT2D eigenvalue weighted by molar-refractivity contribution is 6.01. The van der Waals surface area contributed by atoms with Gasteiger partial charge in [0.25, 0.3) is 0 Å². The van der Waals surface area contributed by atoms with Crippen LogP contribution in [0.2, 0.25) is 0 Å². The van der Waals surface area contributed by atoms with Crippen LogP contribution in [0.25, 0.3) is 33.4 Å². The normalized spacial score (nSPS) is 10.1. The number of benzene rings is 6. The van der Waals surface area contributed by atoms with Gasteiger partial charge < -0.3 is 31.7 Å². The van der Waals surface area contributed by atoms with Crippen LogP contribution < -0.4 is 16.8 Å². The second-order valence-electron chi connectivity index (χ2n) is 12.6. The number of amides is 1. The van der Waals surface area contributed by atoms with Gasteiger partial charge in [0, 0.05) is 18.3 Å². The zero-order valence-electron chi connectivity index (χ0n) is 31.2. The van der Waals surface area contributed by atoms with Crippen molar-refractivity contribution < 1.29 is 34.1 Å². The number of esters is 1. The molecular weight excluding hydrogens is 695 g/mol. The van der Waals surface area contributed by atoms with Crippen LogP contribution in [0.3, 0.4) is 0 Å². The number of nitrogens with two attached hydrogens (primary N) is 2. The third-order valence-corrected chi connectivity index (χ3v) is 8.59. The van der Waals surface area contributed by atoms with Crippen molar-refractivity contribution in [2.45, 2.75) is 27.7 Å². The quantitative estimate of drug-likeness (QED) is 0.0787. The van der Waals surface area contributed by atoms with Gasteiger partial charge in [0.1, 0.15) is 0 Å². The Morgan fingerprint density at radius 1 is 0.527 bits per heavy atom. The van der Waals surface area contributed by atoms with Crippen molar-refractivity contribution in [3.63, 3.8) is 0 Å². The number of nitrogen functional groups attached to an aromatic ring is 2. The maximum Gasteiger partial charge on any atom is 0.339 e. The molecule has 0 spiro atoms. The molecular formula is C45H43N3O7. The molecule has 55 heavy (non-hydrogen) atoms. The topological polar surface area (TPSA) is 182 Å². The largest absolute Gasteiger partial charge is 0.478 e. The first-order valence-corrected chi connectivity index (χ1v) is 17.1. The maximum absolute atomic E-state index is 11.5. The lowest BCUT2D eigenvalue weighted by Crippen LogP contribution is -2.11. The lowest BCUT2D eigenvalue weighted by molar-refractivity contribution is -0.114. The van der Waals surface area contributed by atoms with Crippen molar-refractivity contribution in [1.29, 1.82) is 0 Å². The summed E-state index contributed by atoms with van der Waals surface area (Å²) >= 11 is 0. The van der Waals surface area contributed by atoms with Gasteiger partial charge in [0.15, 0.2) is 0 Å². The van der Waals surface area contributed by atoms with E-state index in [2.05, 4.69) is 5.32 Å². The molecule has 0 saturated carbocycles. The molecule has 0 fully saturated rings. The molecule has 6 aromatic carbocycles. The second kappa shape index (κ2) is 18.5. The average Bonchev–Trinajstić information content (AvgIpc) is 3.17. The van der Waals surface area contributed by atoms with E-state index in [4.69, 9.17) is 21.3 Å². The van der Waals surface area contributed by atoms with Crippen LogP contribution in [0, 0.1) is 20.8 Å². The molecule has 0 atom stereocenters. The SMILES string of the molecule is CC(=O)Nc1cc(-c2ccccc2)c(C)cc1C(=O)O.COC(=O)c1cc(C)c(-c2ccccc2)cc1N.Cc1cc(C(=O)O)c(N)cc1-c1ccccc1. The Balaban J connectivity index is 0.000000184. The second-order valence-corrected chi connectivity index (χ2v) is 12.6. The van der Waals surface area contributed by atoms with Crippen LogP contribution in [0.15, 0.2) is 127 Å². The highest BCUT2D eigenvalue weighted by atomic mass is 16.5. The maximum atomic E-state index is 11.5. The van der Waals surface area contributed by atoms with E-state index in [1.807, 2.05) is 118 Å². The fourth-order valence-electron chi connectivity index (χ4n) is 5.89. The summed E-state index contributed by atoms with van der Waals surface area (Å²) in [5.41, 5.74) is 22.1. The van der Waals surface area contributed by atoms with Gasteiger partial charge in [-0.25, -0.2) is 14.4 Å². The highest BCUT2D eigenvalue weighted by Gasteiger charge is 2.16. The number of rotatable bonds is 7. The highest BCUT2D eigenvalue weighted by Crippen LogP contribution is 2.31. The average molecular weight is 738 g/mol. The number of anilines is 3. The molecule has 10 nitrogen and oxygen atoms in total. The van der Waals surface area contributed by atoms with Gasteiger partial charge in [-0.1, -0.05) is 91.0 Å². The van der Waals surface area contributed by atoms with Crippen molar-refractivity contribution in [3.8, 4) is 33.4 Å². The molecule has 280 valence electrons. The number of hydrogen-bond donors (Lipinski definition) is 5. The van der Waals surface area contributed by atoms with E-state index in [9.17, 15) is 24.3 Å². The van der Waals surface area contributed by atoms with Crippen LogP contribution in [0.5, 0.6) is 0 Å². The van der Waals surface area contributed by atoms with Crippen molar-refractivity contribution in [3.05, 3.63) is 161 Å². The fourth-order valence-corrected chi connectivity index (χ4v) is 5.89. The van der Waals surface area contributed by atoms with E-state index in [-0.39, 0.29) is 17.0 Å². The van der Waals surface area contributed by atoms with Crippen molar-refractivity contribution in [1.82, 2.24) is 0 Å². The van der Waals surface area contributed by atoms with Crippen molar-refractivity contribution >= 4 is 40.9 Å². The van der Waals surface area contributed by atoms with E-state index in [0.29, 0.717) is 22.6 Å². The summed E-state index contributed by atoms with van der Waals surface area (Å²) in [6.45, 7) is 7.04. The summed E-state index contributed by atoms with van der Waals surface area (Å²) in [5, 5.41) is 20.8. The minimum atomic E-state index is -1.06. The minimum absolute atomic E-state index is 0.0948. The molecule has 0 unspecified atom stereocenters. The Bertz CT molecular complexity index is 2330. The number of methoxy groups -OCH3 is 1. The van der Waals surface area contributed by atoms with Crippen LogP contribution in [0.4, 0.5) is 17.1 Å². The van der Waals surface area contributed by atoms with Gasteiger partial charge in [0.05, 0.1) is 29.5 Å². The number of aromatic carboxylic acids is 2. The fraction of sp³-hybridized carbons (Fsp3) is 0.111. The van der Waals surface area contributed by atoms with Crippen molar-refractivity contribution in [2.24, 2.45) is 0 Å². The molecule has 10 heteroatoms. The molecule has 0 radical (unpaired) electrons. The Morgan fingerprint density at radius 3 is 1.24 bits per heavy atom. The number of aryl methyl sites for hydroxylation is 3. The van der Waals surface area contributed by atoms with E-state index in [1.54, 1.807) is 30.3 Å². The molecule has 6 aromatic rings. The van der Waals surface area contributed by atoms with Gasteiger partial charge >= 0.3 is 17.9 Å². The minimum Gasteiger partial charge on any atom is -0.478 e. The molecule has 0 bridgehead atoms. The molecule has 1 amide bonds. The van der Waals surface area contributed by atoms with Gasteiger partial charge in [-0.05, 0) is 107 Å². The van der Waals surface area contributed by atoms with Crippen molar-refractivity contribution in [2.75, 3.05) is 23.9 Å². The Labute approximate surface area is 320 Å². The van der Waals surface area contributed by atoms with Gasteiger partial charge in [0.2, 0.25) is 5.91 Å². The van der Waals surface area contributed by atoms with E-state index in [1.165, 1.54) is 14.0 Å². The monoisotopic (exact) mass is 737 g/mol. The third-order valence-electron chi connectivity index (χ3n) is 8.59. The van der Waals surface area contributed by atoms with Gasteiger partial charge in [-0.2, -0.15) is 0 Å². The van der Waals surface area contributed by atoms with Gasteiger partial charge in [-0.3, -0.25) is 4.79 Å². The first kappa shape index (κ1) is 40.6. The molecule has 0 aromatic heterocycles. The standard InChI is InChI=1S/C16H15NO3.C15H15NO2.C14H13NO2/c1-10-8-14(16(19)20)15(17-11(2)18)9-13(10)12-6-4-3-5-7-12;1-10-8-13(15(17)18-2)14(16)9-12(10)11-6-4-3-5-7-11;1-9-7-12(14(16)17)13(15)8-11(9)10-5-3-2-4-6-10/h3-9H,1-2H3,(H,17,18)(H,19,20);3-9H,16H2,1-2H3;2-8H,15H2,1H3,(H,16,17). The zero-order valence-corrected chi connectivity index (χ0v) is 31.2. The zero-order chi connectivity index (χ0) is 40.2. The lowest BCUT2D eigenvalue weighted by Gasteiger charge is -2.13. The summed E-state index contributed by atoms with van der Waals surface area (Å²) in [5.74, 6) is -2.76. The number of nitrogens with one attached hydrogen (secondary N) is 1. The smallest absolute Gasteiger partial charge is 0.339 e. The summed E-state index contributed by atoms with van der Waals surface area (Å²) in [6.07, 6.45) is 0. The number of hydrogen-bond acceptors (Lipinski definition) is 7. The Kier molecular flexibility index (Phi) is 13.7. The molecule has 0 aliphatic heterocycles. The summed E-state index contributed by atoms with van der Waals surface area (Å²) in [6, 6.07) is 39.5.